The lowest BCUT2D eigenvalue weighted by Crippen LogP contribution is -2.37. The molecule has 1 aromatic rings. The Kier molecular flexibility index (Phi) is 6.24. The van der Waals surface area contributed by atoms with Crippen molar-refractivity contribution < 1.29 is 4.79 Å². The Morgan fingerprint density at radius 2 is 2.00 bits per heavy atom. The van der Waals surface area contributed by atoms with E-state index in [9.17, 15) is 4.79 Å². The molecule has 0 spiro atoms. The molecular weight excluding hydrogens is 302 g/mol. The predicted molar refractivity (Wildman–Crippen MR) is 93.9 cm³/mol. The van der Waals surface area contributed by atoms with E-state index < -0.39 is 0 Å². The number of amides is 1. The first-order valence-electron chi connectivity index (χ1n) is 9.69. The van der Waals surface area contributed by atoms with Gasteiger partial charge in [0, 0.05) is 6.04 Å². The lowest BCUT2D eigenvalue weighted by molar-refractivity contribution is 0.0916. The molecule has 1 aliphatic heterocycles. The second-order valence-electron chi connectivity index (χ2n) is 7.40. The van der Waals surface area contributed by atoms with Crippen molar-refractivity contribution in [1.29, 1.82) is 0 Å². The summed E-state index contributed by atoms with van der Waals surface area (Å²) in [6.45, 7) is 4.27. The number of nitrogens with one attached hydrogen (secondary N) is 2. The Labute approximate surface area is 144 Å². The molecule has 2 fully saturated rings. The van der Waals surface area contributed by atoms with Crippen LogP contribution in [0.1, 0.15) is 81.2 Å². The Morgan fingerprint density at radius 3 is 2.71 bits per heavy atom. The summed E-state index contributed by atoms with van der Waals surface area (Å²) in [4.78, 5) is 12.4. The van der Waals surface area contributed by atoms with Gasteiger partial charge >= 0.3 is 0 Å². The van der Waals surface area contributed by atoms with E-state index in [0.717, 1.165) is 44.7 Å². The number of carbonyl (C=O) groups is 1. The van der Waals surface area contributed by atoms with Gasteiger partial charge in [0.1, 0.15) is 0 Å². The minimum atomic E-state index is -0.0628. The van der Waals surface area contributed by atoms with Gasteiger partial charge in [0.05, 0.1) is 12.2 Å². The topological polar surface area (TPSA) is 71.8 Å². The van der Waals surface area contributed by atoms with Gasteiger partial charge in [0.25, 0.3) is 5.91 Å². The number of hydrogen-bond acceptors (Lipinski definition) is 4. The second-order valence-corrected chi connectivity index (χ2v) is 7.40. The third-order valence-electron chi connectivity index (χ3n) is 5.57. The number of rotatable bonds is 6. The Hall–Kier alpha value is -1.43. The molecule has 1 aromatic heterocycles. The van der Waals surface area contributed by atoms with Gasteiger partial charge in [-0.25, -0.2) is 4.68 Å². The van der Waals surface area contributed by atoms with E-state index in [0.29, 0.717) is 17.8 Å². The summed E-state index contributed by atoms with van der Waals surface area (Å²) in [5, 5.41) is 14.8. The Balaban J connectivity index is 1.46. The van der Waals surface area contributed by atoms with Crippen LogP contribution in [-0.2, 0) is 0 Å². The SMILES string of the molecule is CCCCC1CCC(NC(=O)c2cn(C3CCNCC3)nn2)CC1. The third kappa shape index (κ3) is 4.56. The van der Waals surface area contributed by atoms with E-state index in [2.05, 4.69) is 27.9 Å². The highest BCUT2D eigenvalue weighted by Crippen LogP contribution is 2.28. The van der Waals surface area contributed by atoms with Crippen molar-refractivity contribution in [3.63, 3.8) is 0 Å². The van der Waals surface area contributed by atoms with E-state index in [1.54, 1.807) is 0 Å². The first-order valence-corrected chi connectivity index (χ1v) is 9.69. The van der Waals surface area contributed by atoms with Gasteiger partial charge in [-0.05, 0) is 57.5 Å². The average molecular weight is 333 g/mol. The minimum Gasteiger partial charge on any atom is -0.348 e. The zero-order chi connectivity index (χ0) is 16.8. The molecule has 2 N–H and O–H groups in total. The first-order chi connectivity index (χ1) is 11.8. The highest BCUT2D eigenvalue weighted by molar-refractivity contribution is 5.92. The van der Waals surface area contributed by atoms with E-state index in [-0.39, 0.29) is 5.91 Å². The number of carbonyl (C=O) groups excluding carboxylic acids is 1. The van der Waals surface area contributed by atoms with Crippen molar-refractivity contribution in [2.45, 2.75) is 76.8 Å². The van der Waals surface area contributed by atoms with Crippen molar-refractivity contribution in [1.82, 2.24) is 25.6 Å². The maximum absolute atomic E-state index is 12.4. The largest absolute Gasteiger partial charge is 0.348 e. The monoisotopic (exact) mass is 333 g/mol. The second kappa shape index (κ2) is 8.60. The molecule has 6 heteroatoms. The fourth-order valence-corrected chi connectivity index (χ4v) is 3.98. The lowest BCUT2D eigenvalue weighted by Gasteiger charge is -2.28. The normalized spacial score (nSPS) is 25.5. The van der Waals surface area contributed by atoms with Gasteiger partial charge in [-0.1, -0.05) is 31.4 Å². The maximum Gasteiger partial charge on any atom is 0.273 e. The maximum atomic E-state index is 12.4. The molecule has 0 radical (unpaired) electrons. The van der Waals surface area contributed by atoms with Crippen LogP contribution in [0.25, 0.3) is 0 Å². The van der Waals surface area contributed by atoms with Crippen LogP contribution in [0.5, 0.6) is 0 Å². The molecule has 0 bridgehead atoms. The van der Waals surface area contributed by atoms with Crippen LogP contribution in [0.2, 0.25) is 0 Å². The fraction of sp³-hybridized carbons (Fsp3) is 0.833. The summed E-state index contributed by atoms with van der Waals surface area (Å²) >= 11 is 0. The summed E-state index contributed by atoms with van der Waals surface area (Å²) in [5.74, 6) is 0.797. The zero-order valence-corrected chi connectivity index (χ0v) is 14.8. The van der Waals surface area contributed by atoms with Crippen LogP contribution in [0, 0.1) is 5.92 Å². The van der Waals surface area contributed by atoms with Gasteiger partial charge in [0.15, 0.2) is 5.69 Å². The quantitative estimate of drug-likeness (QED) is 0.839. The standard InChI is InChI=1S/C18H31N5O/c1-2-3-4-14-5-7-15(8-6-14)20-18(24)17-13-23(22-21-17)16-9-11-19-12-10-16/h13-16,19H,2-12H2,1H3,(H,20,24). The first kappa shape index (κ1) is 17.4. The molecule has 1 aliphatic carbocycles. The van der Waals surface area contributed by atoms with Crippen molar-refractivity contribution >= 4 is 5.91 Å². The molecule has 2 heterocycles. The summed E-state index contributed by atoms with van der Waals surface area (Å²) in [6, 6.07) is 0.675. The molecule has 1 saturated carbocycles. The number of aromatic nitrogens is 3. The third-order valence-corrected chi connectivity index (χ3v) is 5.57. The van der Waals surface area contributed by atoms with Crippen molar-refractivity contribution in [2.24, 2.45) is 5.92 Å². The highest BCUT2D eigenvalue weighted by atomic mass is 16.2. The molecule has 3 rings (SSSR count). The summed E-state index contributed by atoms with van der Waals surface area (Å²) in [6.07, 6.45) is 12.6. The van der Waals surface area contributed by atoms with Crippen molar-refractivity contribution in [2.75, 3.05) is 13.1 Å². The minimum absolute atomic E-state index is 0.0628. The molecule has 0 unspecified atom stereocenters. The van der Waals surface area contributed by atoms with Crippen LogP contribution in [-0.4, -0.2) is 40.0 Å². The fourth-order valence-electron chi connectivity index (χ4n) is 3.98. The summed E-state index contributed by atoms with van der Waals surface area (Å²) in [7, 11) is 0. The van der Waals surface area contributed by atoms with Crippen molar-refractivity contribution in [3.8, 4) is 0 Å². The van der Waals surface area contributed by atoms with Gasteiger partial charge < -0.3 is 10.6 Å². The van der Waals surface area contributed by atoms with E-state index in [1.165, 1.54) is 32.1 Å². The van der Waals surface area contributed by atoms with E-state index in [1.807, 2.05) is 10.9 Å². The molecule has 6 nitrogen and oxygen atoms in total. The number of piperidine rings is 1. The van der Waals surface area contributed by atoms with Crippen LogP contribution in [0.3, 0.4) is 0 Å². The molecule has 134 valence electrons. The molecular formula is C18H31N5O. The van der Waals surface area contributed by atoms with Gasteiger partial charge in [-0.2, -0.15) is 0 Å². The summed E-state index contributed by atoms with van der Waals surface area (Å²) in [5.41, 5.74) is 0.460. The number of nitrogens with zero attached hydrogens (tertiary/aromatic N) is 3. The highest BCUT2D eigenvalue weighted by Gasteiger charge is 2.24. The molecule has 1 saturated heterocycles. The van der Waals surface area contributed by atoms with Crippen molar-refractivity contribution in [3.05, 3.63) is 11.9 Å². The average Bonchev–Trinajstić information content (AvgIpc) is 3.12. The Bertz CT molecular complexity index is 515. The zero-order valence-electron chi connectivity index (χ0n) is 14.8. The molecule has 1 amide bonds. The predicted octanol–water partition coefficient (Wildman–Crippen LogP) is 2.68. The molecule has 0 aromatic carbocycles. The van der Waals surface area contributed by atoms with Gasteiger partial charge in [-0.15, -0.1) is 5.10 Å². The van der Waals surface area contributed by atoms with E-state index >= 15 is 0 Å². The van der Waals surface area contributed by atoms with Gasteiger partial charge in [-0.3, -0.25) is 4.79 Å². The van der Waals surface area contributed by atoms with E-state index in [4.69, 9.17) is 0 Å². The summed E-state index contributed by atoms with van der Waals surface area (Å²) < 4.78 is 1.87. The van der Waals surface area contributed by atoms with Gasteiger partial charge in [0.2, 0.25) is 0 Å². The smallest absolute Gasteiger partial charge is 0.273 e. The molecule has 2 aliphatic rings. The van der Waals surface area contributed by atoms with Crippen LogP contribution >= 0.6 is 0 Å². The lowest BCUT2D eigenvalue weighted by atomic mass is 9.83. The van der Waals surface area contributed by atoms with Crippen LogP contribution in [0.4, 0.5) is 0 Å². The molecule has 0 atom stereocenters. The number of unbranched alkanes of at least 4 members (excludes halogenated alkanes) is 1. The number of hydrogen-bond donors (Lipinski definition) is 2. The van der Waals surface area contributed by atoms with Crippen LogP contribution in [0.15, 0.2) is 6.20 Å². The molecule has 24 heavy (non-hydrogen) atoms. The Morgan fingerprint density at radius 1 is 1.25 bits per heavy atom. The van der Waals surface area contributed by atoms with Crippen LogP contribution < -0.4 is 10.6 Å².